The van der Waals surface area contributed by atoms with Gasteiger partial charge in [0.1, 0.15) is 0 Å². The fourth-order valence-electron chi connectivity index (χ4n) is 4.04. The summed E-state index contributed by atoms with van der Waals surface area (Å²) in [5.74, 6) is 0.265. The Morgan fingerprint density at radius 2 is 1.97 bits per heavy atom. The summed E-state index contributed by atoms with van der Waals surface area (Å²) < 4.78 is 28.0. The van der Waals surface area contributed by atoms with E-state index in [0.29, 0.717) is 18.0 Å². The Labute approximate surface area is 183 Å². The minimum atomic E-state index is -3.49. The normalized spacial score (nSPS) is 18.0. The highest BCUT2D eigenvalue weighted by Gasteiger charge is 2.23. The minimum Gasteiger partial charge on any atom is -0.299 e. The molecule has 1 unspecified atom stereocenters. The summed E-state index contributed by atoms with van der Waals surface area (Å²) in [4.78, 5) is 7.20. The molecule has 1 fully saturated rings. The zero-order valence-electron chi connectivity index (χ0n) is 17.0. The monoisotopic (exact) mass is 443 g/mol. The van der Waals surface area contributed by atoms with Gasteiger partial charge in [-0.2, -0.15) is 0 Å². The Kier molecular flexibility index (Phi) is 6.39. The first-order valence-electron chi connectivity index (χ1n) is 10.2. The molecule has 0 bridgehead atoms. The number of rotatable bonds is 6. The maximum atomic E-state index is 12.6. The SMILES string of the molecule is Cc1ccc(S(=O)(=O)NCC2CCCN(Cc3c(Cl)ccc4cccnc34)C2)cc1. The van der Waals surface area contributed by atoms with E-state index in [1.807, 2.05) is 43.3 Å². The molecule has 0 saturated carbocycles. The summed E-state index contributed by atoms with van der Waals surface area (Å²) in [6.07, 6.45) is 3.84. The lowest BCUT2D eigenvalue weighted by molar-refractivity contribution is 0.169. The van der Waals surface area contributed by atoms with Crippen LogP contribution in [0, 0.1) is 12.8 Å². The van der Waals surface area contributed by atoms with E-state index in [2.05, 4.69) is 14.6 Å². The van der Waals surface area contributed by atoms with Gasteiger partial charge in [0.05, 0.1) is 10.4 Å². The number of aryl methyl sites for hydroxylation is 1. The molecule has 5 nitrogen and oxygen atoms in total. The maximum absolute atomic E-state index is 12.6. The average molecular weight is 444 g/mol. The number of likely N-dealkylation sites (tertiary alicyclic amines) is 1. The number of hydrogen-bond donors (Lipinski definition) is 1. The lowest BCUT2D eigenvalue weighted by atomic mass is 9.97. The summed E-state index contributed by atoms with van der Waals surface area (Å²) in [6.45, 7) is 4.90. The van der Waals surface area contributed by atoms with Gasteiger partial charge in [-0.25, -0.2) is 13.1 Å². The van der Waals surface area contributed by atoms with E-state index in [0.717, 1.165) is 53.0 Å². The predicted molar refractivity (Wildman–Crippen MR) is 121 cm³/mol. The number of benzene rings is 2. The van der Waals surface area contributed by atoms with Gasteiger partial charge in [-0.3, -0.25) is 9.88 Å². The van der Waals surface area contributed by atoms with Crippen molar-refractivity contribution in [1.82, 2.24) is 14.6 Å². The largest absolute Gasteiger partial charge is 0.299 e. The molecule has 1 N–H and O–H groups in total. The van der Waals surface area contributed by atoms with Crippen molar-refractivity contribution in [3.63, 3.8) is 0 Å². The van der Waals surface area contributed by atoms with Crippen LogP contribution in [0.15, 0.2) is 59.6 Å². The van der Waals surface area contributed by atoms with Crippen LogP contribution < -0.4 is 4.72 Å². The molecular weight excluding hydrogens is 418 g/mol. The van der Waals surface area contributed by atoms with E-state index in [1.165, 1.54) is 0 Å². The van der Waals surface area contributed by atoms with Gasteiger partial charge in [-0.05, 0) is 56.5 Å². The molecule has 2 aromatic carbocycles. The second kappa shape index (κ2) is 9.02. The first kappa shape index (κ1) is 21.2. The van der Waals surface area contributed by atoms with E-state index in [9.17, 15) is 8.42 Å². The van der Waals surface area contributed by atoms with Crippen LogP contribution in [0.2, 0.25) is 5.02 Å². The third-order valence-electron chi connectivity index (χ3n) is 5.70. The number of nitrogens with one attached hydrogen (secondary N) is 1. The van der Waals surface area contributed by atoms with E-state index < -0.39 is 10.0 Å². The van der Waals surface area contributed by atoms with Crippen molar-refractivity contribution < 1.29 is 8.42 Å². The molecule has 0 spiro atoms. The zero-order valence-corrected chi connectivity index (χ0v) is 18.6. The molecule has 4 rings (SSSR count). The lowest BCUT2D eigenvalue weighted by Gasteiger charge is -2.33. The fourth-order valence-corrected chi connectivity index (χ4v) is 5.37. The summed E-state index contributed by atoms with van der Waals surface area (Å²) in [5, 5.41) is 1.81. The Morgan fingerprint density at radius 1 is 1.17 bits per heavy atom. The van der Waals surface area contributed by atoms with Crippen molar-refractivity contribution in [2.75, 3.05) is 19.6 Å². The molecular formula is C23H26ClN3O2S. The summed E-state index contributed by atoms with van der Waals surface area (Å²) in [5.41, 5.74) is 3.02. The van der Waals surface area contributed by atoms with Crippen LogP contribution in [0.3, 0.4) is 0 Å². The van der Waals surface area contributed by atoms with Gasteiger partial charge >= 0.3 is 0 Å². The smallest absolute Gasteiger partial charge is 0.240 e. The van der Waals surface area contributed by atoms with Crippen molar-refractivity contribution in [3.8, 4) is 0 Å². The van der Waals surface area contributed by atoms with Crippen LogP contribution >= 0.6 is 11.6 Å². The predicted octanol–water partition coefficient (Wildman–Crippen LogP) is 4.39. The highest BCUT2D eigenvalue weighted by atomic mass is 35.5. The molecule has 0 amide bonds. The molecule has 1 aromatic heterocycles. The number of sulfonamides is 1. The molecule has 30 heavy (non-hydrogen) atoms. The standard InChI is InChI=1S/C23H26ClN3O2S/c1-17-6-9-20(10-7-17)30(28,29)26-14-18-4-3-13-27(15-18)16-21-22(24)11-8-19-5-2-12-25-23(19)21/h2,5-12,18,26H,3-4,13-16H2,1H3. The van der Waals surface area contributed by atoms with Crippen molar-refractivity contribution >= 4 is 32.5 Å². The highest BCUT2D eigenvalue weighted by molar-refractivity contribution is 7.89. The quantitative estimate of drug-likeness (QED) is 0.613. The maximum Gasteiger partial charge on any atom is 0.240 e. The number of aromatic nitrogens is 1. The zero-order chi connectivity index (χ0) is 21.1. The molecule has 2 heterocycles. The lowest BCUT2D eigenvalue weighted by Crippen LogP contribution is -2.40. The third kappa shape index (κ3) is 4.83. The first-order chi connectivity index (χ1) is 14.4. The number of nitrogens with zero attached hydrogens (tertiary/aromatic N) is 2. The van der Waals surface area contributed by atoms with Crippen LogP contribution in [0.1, 0.15) is 24.0 Å². The topological polar surface area (TPSA) is 62.3 Å². The Hall–Kier alpha value is -1.99. The number of pyridine rings is 1. The molecule has 7 heteroatoms. The van der Waals surface area contributed by atoms with Gasteiger partial charge in [0.15, 0.2) is 0 Å². The molecule has 1 atom stereocenters. The van der Waals surface area contributed by atoms with E-state index in [1.54, 1.807) is 18.3 Å². The number of hydrogen-bond acceptors (Lipinski definition) is 4. The summed E-state index contributed by atoms with van der Waals surface area (Å²) >= 11 is 6.50. The summed E-state index contributed by atoms with van der Waals surface area (Å²) in [7, 11) is -3.49. The van der Waals surface area contributed by atoms with Crippen molar-refractivity contribution in [1.29, 1.82) is 0 Å². The van der Waals surface area contributed by atoms with E-state index in [4.69, 9.17) is 11.6 Å². The Morgan fingerprint density at radius 3 is 2.77 bits per heavy atom. The average Bonchev–Trinajstić information content (AvgIpc) is 2.75. The Bertz CT molecular complexity index is 1130. The Balaban J connectivity index is 1.42. The third-order valence-corrected chi connectivity index (χ3v) is 7.49. The van der Waals surface area contributed by atoms with Crippen molar-refractivity contribution in [2.24, 2.45) is 5.92 Å². The van der Waals surface area contributed by atoms with Gasteiger partial charge < -0.3 is 0 Å². The van der Waals surface area contributed by atoms with Gasteiger partial charge in [0.25, 0.3) is 0 Å². The van der Waals surface area contributed by atoms with Gasteiger partial charge in [0.2, 0.25) is 10.0 Å². The van der Waals surface area contributed by atoms with E-state index >= 15 is 0 Å². The first-order valence-corrected chi connectivity index (χ1v) is 12.1. The molecule has 1 aliphatic rings. The second-order valence-electron chi connectivity index (χ2n) is 8.01. The molecule has 0 radical (unpaired) electrons. The van der Waals surface area contributed by atoms with Gasteiger partial charge in [-0.15, -0.1) is 0 Å². The molecule has 158 valence electrons. The number of piperidine rings is 1. The molecule has 3 aromatic rings. The van der Waals surface area contributed by atoms with Crippen LogP contribution in [0.4, 0.5) is 0 Å². The summed E-state index contributed by atoms with van der Waals surface area (Å²) in [6, 6.07) is 14.8. The molecule has 1 saturated heterocycles. The number of fused-ring (bicyclic) bond motifs is 1. The minimum absolute atomic E-state index is 0.265. The van der Waals surface area contributed by atoms with Gasteiger partial charge in [-0.1, -0.05) is 41.4 Å². The van der Waals surface area contributed by atoms with Crippen molar-refractivity contribution in [3.05, 3.63) is 70.9 Å². The fraction of sp³-hybridized carbons (Fsp3) is 0.348. The van der Waals surface area contributed by atoms with Crippen LogP contribution in [0.5, 0.6) is 0 Å². The molecule has 0 aliphatic carbocycles. The van der Waals surface area contributed by atoms with Crippen molar-refractivity contribution in [2.45, 2.75) is 31.2 Å². The van der Waals surface area contributed by atoms with E-state index in [-0.39, 0.29) is 5.92 Å². The van der Waals surface area contributed by atoms with Gasteiger partial charge in [0, 0.05) is 41.8 Å². The second-order valence-corrected chi connectivity index (χ2v) is 10.2. The van der Waals surface area contributed by atoms with Crippen LogP contribution in [0.25, 0.3) is 10.9 Å². The van der Waals surface area contributed by atoms with Crippen LogP contribution in [-0.4, -0.2) is 37.9 Å². The highest BCUT2D eigenvalue weighted by Crippen LogP contribution is 2.28. The number of halogens is 1. The van der Waals surface area contributed by atoms with Crippen LogP contribution in [-0.2, 0) is 16.6 Å². The molecule has 1 aliphatic heterocycles.